The van der Waals surface area contributed by atoms with Gasteiger partial charge in [0.25, 0.3) is 11.8 Å². The predicted molar refractivity (Wildman–Crippen MR) is 68.7 cm³/mol. The summed E-state index contributed by atoms with van der Waals surface area (Å²) in [5.41, 5.74) is 0.883. The van der Waals surface area contributed by atoms with E-state index < -0.39 is 6.23 Å². The van der Waals surface area contributed by atoms with Crippen molar-refractivity contribution >= 4 is 23.2 Å². The first kappa shape index (κ1) is 13.7. The Bertz CT molecular complexity index is 501. The molecule has 3 rings (SSSR count). The van der Waals surface area contributed by atoms with Gasteiger partial charge in [-0.15, -0.1) is 0 Å². The monoisotopic (exact) mass is 298 g/mol. The van der Waals surface area contributed by atoms with Gasteiger partial charge in [-0.2, -0.15) is 11.3 Å². The van der Waals surface area contributed by atoms with Gasteiger partial charge in [0.05, 0.1) is 24.3 Å². The lowest BCUT2D eigenvalue weighted by atomic mass is 10.2. The van der Waals surface area contributed by atoms with Crippen LogP contribution in [0.3, 0.4) is 0 Å². The molecule has 1 aromatic rings. The van der Waals surface area contributed by atoms with Gasteiger partial charge in [0.15, 0.2) is 6.23 Å². The quantitative estimate of drug-likeness (QED) is 0.821. The van der Waals surface area contributed by atoms with E-state index in [0.717, 1.165) is 4.90 Å². The molecule has 20 heavy (non-hydrogen) atoms. The van der Waals surface area contributed by atoms with Crippen LogP contribution in [-0.4, -0.2) is 53.0 Å². The lowest BCUT2D eigenvalue weighted by Gasteiger charge is -2.35. The molecule has 1 atom stereocenters. The number of aliphatic hydroxyl groups excluding tert-OH is 1. The van der Waals surface area contributed by atoms with Crippen LogP contribution in [0, 0.1) is 0 Å². The molecule has 0 aliphatic carbocycles. The van der Waals surface area contributed by atoms with Gasteiger partial charge in [-0.3, -0.25) is 14.4 Å². The number of thiophene rings is 1. The topological polar surface area (TPSA) is 79.3 Å². The van der Waals surface area contributed by atoms with Crippen molar-refractivity contribution in [3.8, 4) is 0 Å². The van der Waals surface area contributed by atoms with Crippen LogP contribution in [0.25, 0.3) is 0 Å². The summed E-state index contributed by atoms with van der Waals surface area (Å²) < 4.78 is 0. The van der Waals surface area contributed by atoms with E-state index in [4.69, 9.17) is 14.8 Å². The summed E-state index contributed by atoms with van der Waals surface area (Å²) in [6.07, 6.45) is 0.266. The molecular weight excluding hydrogens is 284 g/mol. The number of carbonyl (C=O) groups excluding carboxylic acids is 2. The first-order valence-electron chi connectivity index (χ1n) is 6.34. The third-order valence-corrected chi connectivity index (χ3v) is 3.93. The maximum atomic E-state index is 12.2. The zero-order valence-electron chi connectivity index (χ0n) is 10.7. The molecule has 0 saturated carbocycles. The first-order chi connectivity index (χ1) is 9.72. The van der Waals surface area contributed by atoms with E-state index in [9.17, 15) is 9.59 Å². The Morgan fingerprint density at radius 2 is 2.00 bits per heavy atom. The molecule has 1 saturated heterocycles. The molecule has 0 radical (unpaired) electrons. The van der Waals surface area contributed by atoms with Crippen molar-refractivity contribution in [1.29, 1.82) is 0 Å². The Kier molecular flexibility index (Phi) is 3.81. The molecule has 2 aliphatic rings. The number of amides is 2. The number of aliphatic hydroxyl groups is 1. The number of imide groups is 1. The van der Waals surface area contributed by atoms with Crippen molar-refractivity contribution in [2.24, 2.45) is 0 Å². The largest absolute Gasteiger partial charge is 0.396 e. The van der Waals surface area contributed by atoms with Crippen molar-refractivity contribution in [1.82, 2.24) is 10.1 Å². The minimum absolute atomic E-state index is 0.0203. The number of fused-ring (bicyclic) bond motifs is 1. The summed E-state index contributed by atoms with van der Waals surface area (Å²) in [5.74, 6) is -0.638. The van der Waals surface area contributed by atoms with Crippen molar-refractivity contribution in [3.63, 3.8) is 0 Å². The fraction of sp³-hybridized carbons (Fsp3) is 0.500. The van der Waals surface area contributed by atoms with E-state index in [2.05, 4.69) is 0 Å². The Hall–Kier alpha value is -1.32. The van der Waals surface area contributed by atoms with Crippen LogP contribution in [0.2, 0.25) is 0 Å². The molecule has 1 N–H and O–H groups in total. The average Bonchev–Trinajstić information content (AvgIpc) is 3.02. The van der Waals surface area contributed by atoms with Gasteiger partial charge in [-0.05, 0) is 6.42 Å². The summed E-state index contributed by atoms with van der Waals surface area (Å²) >= 11 is 1.34. The third kappa shape index (κ3) is 2.25. The van der Waals surface area contributed by atoms with E-state index in [1.54, 1.807) is 10.8 Å². The molecule has 3 heterocycles. The van der Waals surface area contributed by atoms with Crippen molar-refractivity contribution in [2.75, 3.05) is 19.8 Å². The fourth-order valence-corrected chi connectivity index (χ4v) is 3.00. The highest BCUT2D eigenvalue weighted by Gasteiger charge is 2.43. The molecule has 1 unspecified atom stereocenters. The number of nitrogens with zero attached hydrogens (tertiary/aromatic N) is 2. The van der Waals surface area contributed by atoms with Crippen LogP contribution < -0.4 is 0 Å². The summed E-state index contributed by atoms with van der Waals surface area (Å²) in [6.45, 7) is 0.761. The van der Waals surface area contributed by atoms with Crippen LogP contribution in [0.15, 0.2) is 10.8 Å². The van der Waals surface area contributed by atoms with Gasteiger partial charge in [-0.1, -0.05) is 5.23 Å². The second kappa shape index (κ2) is 5.58. The van der Waals surface area contributed by atoms with E-state index in [-0.39, 0.29) is 18.4 Å². The molecule has 0 bridgehead atoms. The van der Waals surface area contributed by atoms with Gasteiger partial charge in [0.1, 0.15) is 0 Å². The third-order valence-electron chi connectivity index (χ3n) is 3.19. The normalized spacial score (nSPS) is 23.4. The maximum Gasteiger partial charge on any atom is 0.264 e. The Labute approximate surface area is 119 Å². The van der Waals surface area contributed by atoms with E-state index in [0.29, 0.717) is 37.1 Å². The highest BCUT2D eigenvalue weighted by atomic mass is 32.1. The smallest absolute Gasteiger partial charge is 0.264 e. The van der Waals surface area contributed by atoms with Crippen LogP contribution in [0.1, 0.15) is 33.6 Å². The summed E-state index contributed by atoms with van der Waals surface area (Å²) in [7, 11) is 0. The lowest BCUT2D eigenvalue weighted by Crippen LogP contribution is -2.49. The van der Waals surface area contributed by atoms with E-state index >= 15 is 0 Å². The standard InChI is InChI=1S/C12H14N2O5S/c15-4-1-3-13-18-5-2-10(19-13)14-11(16)8-6-20-7-9(8)12(14)17/h6-7,10,15H,1-5H2. The molecule has 7 nitrogen and oxygen atoms in total. The highest BCUT2D eigenvalue weighted by Crippen LogP contribution is 2.30. The predicted octanol–water partition coefficient (Wildman–Crippen LogP) is 0.621. The van der Waals surface area contributed by atoms with Gasteiger partial charge in [-0.25, -0.2) is 9.74 Å². The number of hydroxylamine groups is 2. The molecule has 2 amide bonds. The molecule has 1 aromatic heterocycles. The molecule has 1 fully saturated rings. The van der Waals surface area contributed by atoms with Gasteiger partial charge in [0, 0.05) is 23.8 Å². The average molecular weight is 298 g/mol. The second-order valence-corrected chi connectivity index (χ2v) is 5.24. The maximum absolute atomic E-state index is 12.2. The molecule has 2 aliphatic heterocycles. The molecule has 8 heteroatoms. The minimum atomic E-state index is -0.653. The molecule has 0 aromatic carbocycles. The summed E-state index contributed by atoms with van der Waals surface area (Å²) in [6, 6.07) is 0. The summed E-state index contributed by atoms with van der Waals surface area (Å²) in [5, 5.41) is 13.4. The Balaban J connectivity index is 1.72. The summed E-state index contributed by atoms with van der Waals surface area (Å²) in [4.78, 5) is 36.3. The molecule has 108 valence electrons. The SMILES string of the molecule is O=C1c2cscc2C(=O)N1C1CCON(CCCO)O1. The van der Waals surface area contributed by atoms with Crippen molar-refractivity contribution in [3.05, 3.63) is 21.9 Å². The van der Waals surface area contributed by atoms with Crippen molar-refractivity contribution in [2.45, 2.75) is 19.1 Å². The number of rotatable bonds is 4. The number of hydrogen-bond donors (Lipinski definition) is 1. The van der Waals surface area contributed by atoms with Crippen LogP contribution >= 0.6 is 11.3 Å². The van der Waals surface area contributed by atoms with Crippen LogP contribution in [0.4, 0.5) is 0 Å². The zero-order chi connectivity index (χ0) is 14.1. The Morgan fingerprint density at radius 3 is 2.65 bits per heavy atom. The minimum Gasteiger partial charge on any atom is -0.396 e. The zero-order valence-corrected chi connectivity index (χ0v) is 11.5. The first-order valence-corrected chi connectivity index (χ1v) is 7.29. The van der Waals surface area contributed by atoms with E-state index in [1.807, 2.05) is 0 Å². The second-order valence-electron chi connectivity index (χ2n) is 4.49. The van der Waals surface area contributed by atoms with Crippen molar-refractivity contribution < 1.29 is 24.4 Å². The van der Waals surface area contributed by atoms with Gasteiger partial charge in [0.2, 0.25) is 0 Å². The van der Waals surface area contributed by atoms with Crippen LogP contribution in [-0.2, 0) is 9.68 Å². The lowest BCUT2D eigenvalue weighted by molar-refractivity contribution is -0.424. The van der Waals surface area contributed by atoms with Gasteiger partial charge >= 0.3 is 0 Å². The van der Waals surface area contributed by atoms with Gasteiger partial charge < -0.3 is 5.11 Å². The number of hydrogen-bond acceptors (Lipinski definition) is 7. The molecular formula is C12H14N2O5S. The van der Waals surface area contributed by atoms with E-state index in [1.165, 1.54) is 16.6 Å². The highest BCUT2D eigenvalue weighted by molar-refractivity contribution is 7.08. The number of carbonyl (C=O) groups is 2. The molecule has 0 spiro atoms. The van der Waals surface area contributed by atoms with Crippen LogP contribution in [0.5, 0.6) is 0 Å². The fourth-order valence-electron chi connectivity index (χ4n) is 2.21. The Morgan fingerprint density at radius 1 is 1.30 bits per heavy atom.